The van der Waals surface area contributed by atoms with Crippen LogP contribution in [-0.4, -0.2) is 15.7 Å². The first-order valence-corrected chi connectivity index (χ1v) is 5.80. The van der Waals surface area contributed by atoms with Gasteiger partial charge in [0, 0.05) is 5.56 Å². The normalized spacial score (nSPS) is 9.42. The van der Waals surface area contributed by atoms with Crippen molar-refractivity contribution in [2.45, 2.75) is 13.8 Å². The van der Waals surface area contributed by atoms with Crippen LogP contribution in [0.15, 0.2) is 30.6 Å². The van der Waals surface area contributed by atoms with Gasteiger partial charge in [0.05, 0.1) is 11.3 Å². The van der Waals surface area contributed by atoms with Crippen LogP contribution in [-0.2, 0) is 0 Å². The number of anilines is 2. The Morgan fingerprint density at radius 1 is 1.05 bits per heavy atom. The predicted octanol–water partition coefficient (Wildman–Crippen LogP) is 2.22. The number of benzene rings is 1. The van der Waals surface area contributed by atoms with Crippen molar-refractivity contribution < 1.29 is 4.39 Å². The van der Waals surface area contributed by atoms with Crippen LogP contribution < -0.4 is 11.5 Å². The lowest BCUT2D eigenvalue weighted by atomic mass is 10.0. The standard InChI is InChI=1S/C11H10FN5.C2H6/c12-7-3-1-6(2-4-7)9(13)8-10(14)16-5-17-11(8)15;1-2/h1-5,13H,(H4,14,15,16,17);1-2H3. The van der Waals surface area contributed by atoms with Gasteiger partial charge in [-0.3, -0.25) is 5.41 Å². The molecule has 1 aromatic heterocycles. The van der Waals surface area contributed by atoms with Crippen molar-refractivity contribution in [3.8, 4) is 0 Å². The van der Waals surface area contributed by atoms with Gasteiger partial charge in [-0.25, -0.2) is 14.4 Å². The highest BCUT2D eigenvalue weighted by molar-refractivity contribution is 6.15. The lowest BCUT2D eigenvalue weighted by molar-refractivity contribution is 0.628. The van der Waals surface area contributed by atoms with Crippen LogP contribution in [0.25, 0.3) is 0 Å². The van der Waals surface area contributed by atoms with E-state index in [0.717, 1.165) is 0 Å². The third-order valence-electron chi connectivity index (χ3n) is 2.29. The van der Waals surface area contributed by atoms with E-state index in [1.54, 1.807) is 0 Å². The summed E-state index contributed by atoms with van der Waals surface area (Å²) in [6.45, 7) is 4.00. The highest BCUT2D eigenvalue weighted by Crippen LogP contribution is 2.18. The molecule has 1 aromatic carbocycles. The molecular weight excluding hydrogens is 245 g/mol. The Balaban J connectivity index is 0.000000861. The van der Waals surface area contributed by atoms with E-state index in [1.807, 2.05) is 13.8 Å². The maximum atomic E-state index is 12.8. The number of nitrogens with two attached hydrogens (primary N) is 2. The van der Waals surface area contributed by atoms with E-state index in [2.05, 4.69) is 9.97 Å². The molecule has 0 aliphatic heterocycles. The molecule has 0 radical (unpaired) electrons. The van der Waals surface area contributed by atoms with E-state index in [1.165, 1.54) is 30.6 Å². The van der Waals surface area contributed by atoms with Crippen LogP contribution in [0.4, 0.5) is 16.0 Å². The van der Waals surface area contributed by atoms with Crippen molar-refractivity contribution in [1.29, 1.82) is 5.41 Å². The zero-order valence-electron chi connectivity index (χ0n) is 10.8. The van der Waals surface area contributed by atoms with E-state index in [-0.39, 0.29) is 28.7 Å². The van der Waals surface area contributed by atoms with E-state index >= 15 is 0 Å². The Morgan fingerprint density at radius 3 is 2.00 bits per heavy atom. The van der Waals surface area contributed by atoms with Crippen molar-refractivity contribution >= 4 is 17.3 Å². The molecule has 2 aromatic rings. The van der Waals surface area contributed by atoms with Gasteiger partial charge in [-0.15, -0.1) is 0 Å². The number of rotatable bonds is 2. The van der Waals surface area contributed by atoms with Gasteiger partial charge >= 0.3 is 0 Å². The molecule has 19 heavy (non-hydrogen) atoms. The largest absolute Gasteiger partial charge is 0.383 e. The molecule has 2 rings (SSSR count). The molecule has 0 saturated heterocycles. The lowest BCUT2D eigenvalue weighted by Crippen LogP contribution is -2.11. The molecule has 1 heterocycles. The van der Waals surface area contributed by atoms with Crippen LogP contribution in [0.5, 0.6) is 0 Å². The summed E-state index contributed by atoms with van der Waals surface area (Å²) in [6.07, 6.45) is 1.23. The van der Waals surface area contributed by atoms with Gasteiger partial charge in [0.1, 0.15) is 23.8 Å². The smallest absolute Gasteiger partial charge is 0.138 e. The Hall–Kier alpha value is -2.50. The molecule has 5 nitrogen and oxygen atoms in total. The summed E-state index contributed by atoms with van der Waals surface area (Å²) in [7, 11) is 0. The minimum atomic E-state index is -0.369. The minimum Gasteiger partial charge on any atom is -0.383 e. The number of hydrogen-bond donors (Lipinski definition) is 3. The number of hydrogen-bond acceptors (Lipinski definition) is 5. The van der Waals surface area contributed by atoms with Gasteiger partial charge < -0.3 is 11.5 Å². The highest BCUT2D eigenvalue weighted by atomic mass is 19.1. The first-order chi connectivity index (χ1) is 9.09. The van der Waals surface area contributed by atoms with Crippen molar-refractivity contribution in [2.75, 3.05) is 11.5 Å². The Morgan fingerprint density at radius 2 is 1.53 bits per heavy atom. The fourth-order valence-electron chi connectivity index (χ4n) is 1.43. The quantitative estimate of drug-likeness (QED) is 0.721. The minimum absolute atomic E-state index is 0.0700. The zero-order chi connectivity index (χ0) is 14.4. The second-order valence-corrected chi connectivity index (χ2v) is 3.40. The Kier molecular flexibility index (Phi) is 4.93. The predicted molar refractivity (Wildman–Crippen MR) is 74.5 cm³/mol. The van der Waals surface area contributed by atoms with Crippen LogP contribution in [0.2, 0.25) is 0 Å². The molecule has 5 N–H and O–H groups in total. The third kappa shape index (κ3) is 3.25. The second-order valence-electron chi connectivity index (χ2n) is 3.40. The molecule has 0 atom stereocenters. The first kappa shape index (κ1) is 14.6. The van der Waals surface area contributed by atoms with Crippen LogP contribution >= 0.6 is 0 Å². The number of halogens is 1. The number of nitrogens with zero attached hydrogens (tertiary/aromatic N) is 2. The lowest BCUT2D eigenvalue weighted by Gasteiger charge is -2.08. The summed E-state index contributed by atoms with van der Waals surface area (Å²) in [5.41, 5.74) is 12.1. The molecule has 0 fully saturated rings. The maximum Gasteiger partial charge on any atom is 0.138 e. The SMILES string of the molecule is CC.N=C(c1ccc(F)cc1)c1c(N)ncnc1N. The van der Waals surface area contributed by atoms with Gasteiger partial charge in [0.25, 0.3) is 0 Å². The van der Waals surface area contributed by atoms with Gasteiger partial charge in [-0.2, -0.15) is 0 Å². The maximum absolute atomic E-state index is 12.8. The molecule has 6 heteroatoms. The fraction of sp³-hybridized carbons (Fsp3) is 0.154. The second kappa shape index (κ2) is 6.44. The molecule has 0 unspecified atom stereocenters. The van der Waals surface area contributed by atoms with Gasteiger partial charge in [-0.05, 0) is 24.3 Å². The van der Waals surface area contributed by atoms with Crippen molar-refractivity contribution in [1.82, 2.24) is 9.97 Å². The summed E-state index contributed by atoms with van der Waals surface area (Å²) >= 11 is 0. The van der Waals surface area contributed by atoms with Crippen molar-refractivity contribution in [3.05, 3.63) is 47.5 Å². The summed E-state index contributed by atoms with van der Waals surface area (Å²) < 4.78 is 12.8. The average molecular weight is 261 g/mol. The van der Waals surface area contributed by atoms with Crippen molar-refractivity contribution in [3.63, 3.8) is 0 Å². The summed E-state index contributed by atoms with van der Waals surface area (Å²) in [4.78, 5) is 7.55. The van der Waals surface area contributed by atoms with E-state index in [9.17, 15) is 4.39 Å². The highest BCUT2D eigenvalue weighted by Gasteiger charge is 2.13. The Bertz CT molecular complexity index is 545. The monoisotopic (exact) mass is 261 g/mol. The molecule has 0 spiro atoms. The summed E-state index contributed by atoms with van der Waals surface area (Å²) in [5.74, 6) is -0.106. The van der Waals surface area contributed by atoms with Gasteiger partial charge in [0.2, 0.25) is 0 Å². The molecular formula is C13H16FN5. The van der Waals surface area contributed by atoms with E-state index in [4.69, 9.17) is 16.9 Å². The van der Waals surface area contributed by atoms with Crippen molar-refractivity contribution in [2.24, 2.45) is 0 Å². The van der Waals surface area contributed by atoms with E-state index in [0.29, 0.717) is 5.56 Å². The topological polar surface area (TPSA) is 102 Å². The van der Waals surface area contributed by atoms with Gasteiger partial charge in [0.15, 0.2) is 0 Å². The molecule has 0 amide bonds. The average Bonchev–Trinajstić information content (AvgIpc) is 2.41. The third-order valence-corrected chi connectivity index (χ3v) is 2.29. The fourth-order valence-corrected chi connectivity index (χ4v) is 1.43. The molecule has 100 valence electrons. The number of aromatic nitrogens is 2. The molecule has 0 saturated carbocycles. The molecule has 0 aliphatic carbocycles. The first-order valence-electron chi connectivity index (χ1n) is 5.80. The van der Waals surface area contributed by atoms with E-state index < -0.39 is 0 Å². The molecule has 0 bridgehead atoms. The summed E-state index contributed by atoms with van der Waals surface area (Å²) in [5, 5.41) is 7.96. The van der Waals surface area contributed by atoms with Crippen LogP contribution in [0.1, 0.15) is 25.0 Å². The molecule has 0 aliphatic rings. The zero-order valence-corrected chi connectivity index (χ0v) is 10.8. The van der Waals surface area contributed by atoms with Crippen LogP contribution in [0, 0.1) is 11.2 Å². The Labute approximate surface area is 111 Å². The number of nitrogen functional groups attached to an aromatic ring is 2. The summed E-state index contributed by atoms with van der Waals surface area (Å²) in [6, 6.07) is 5.48. The number of nitrogens with one attached hydrogen (secondary N) is 1. The van der Waals surface area contributed by atoms with Crippen LogP contribution in [0.3, 0.4) is 0 Å². The van der Waals surface area contributed by atoms with Gasteiger partial charge in [-0.1, -0.05) is 13.8 Å².